The molecule has 28 heavy (non-hydrogen) atoms. The van der Waals surface area contributed by atoms with E-state index >= 15 is 0 Å². The summed E-state index contributed by atoms with van der Waals surface area (Å²) in [5.41, 5.74) is 0.507. The SMILES string of the molecule is CCOC(=O)Cc1cccc(Oc2nc(OC)cc(OC)n2)c1C(=O)OCC. The van der Waals surface area contributed by atoms with E-state index < -0.39 is 11.9 Å². The summed E-state index contributed by atoms with van der Waals surface area (Å²) >= 11 is 0. The van der Waals surface area contributed by atoms with E-state index in [2.05, 4.69) is 9.97 Å². The monoisotopic (exact) mass is 390 g/mol. The van der Waals surface area contributed by atoms with Gasteiger partial charge in [-0.05, 0) is 25.5 Å². The first-order valence-electron chi connectivity index (χ1n) is 8.61. The van der Waals surface area contributed by atoms with Gasteiger partial charge in [0, 0.05) is 0 Å². The normalized spacial score (nSPS) is 10.1. The van der Waals surface area contributed by atoms with Gasteiger partial charge in [0.25, 0.3) is 0 Å². The number of benzene rings is 1. The molecule has 2 rings (SSSR count). The van der Waals surface area contributed by atoms with Gasteiger partial charge in [-0.15, -0.1) is 0 Å². The third kappa shape index (κ3) is 5.32. The fraction of sp³-hybridized carbons (Fsp3) is 0.368. The van der Waals surface area contributed by atoms with Crippen LogP contribution in [0.15, 0.2) is 24.3 Å². The Labute approximate surface area is 162 Å². The van der Waals surface area contributed by atoms with E-state index in [-0.39, 0.29) is 48.7 Å². The van der Waals surface area contributed by atoms with E-state index in [4.69, 9.17) is 23.7 Å². The van der Waals surface area contributed by atoms with Crippen molar-refractivity contribution in [3.63, 3.8) is 0 Å². The molecule has 1 aromatic heterocycles. The molecule has 0 bridgehead atoms. The van der Waals surface area contributed by atoms with Gasteiger partial charge in [-0.2, -0.15) is 9.97 Å². The van der Waals surface area contributed by atoms with Crippen molar-refractivity contribution in [2.45, 2.75) is 20.3 Å². The lowest BCUT2D eigenvalue weighted by Crippen LogP contribution is -2.14. The Kier molecular flexibility index (Phi) is 7.55. The highest BCUT2D eigenvalue weighted by atomic mass is 16.5. The largest absolute Gasteiger partial charge is 0.481 e. The predicted octanol–water partition coefficient (Wildman–Crippen LogP) is 2.57. The zero-order chi connectivity index (χ0) is 20.5. The molecule has 0 radical (unpaired) electrons. The molecule has 0 atom stereocenters. The molecule has 9 nitrogen and oxygen atoms in total. The van der Waals surface area contributed by atoms with Gasteiger partial charge in [0.05, 0.1) is 39.9 Å². The van der Waals surface area contributed by atoms with E-state index in [1.54, 1.807) is 32.0 Å². The molecule has 0 amide bonds. The molecular formula is C19H22N2O7. The van der Waals surface area contributed by atoms with Crippen molar-refractivity contribution in [3.05, 3.63) is 35.4 Å². The molecule has 0 aliphatic rings. The number of nitrogens with zero attached hydrogens (tertiary/aromatic N) is 2. The van der Waals surface area contributed by atoms with Crippen molar-refractivity contribution in [3.8, 4) is 23.5 Å². The number of aromatic nitrogens is 2. The lowest BCUT2D eigenvalue weighted by atomic mass is 10.0. The number of methoxy groups -OCH3 is 2. The Bertz CT molecular complexity index is 817. The standard InChI is InChI=1S/C19H22N2O7/c1-5-26-16(22)10-12-8-7-9-13(17(12)18(23)27-6-2)28-19-20-14(24-3)11-15(21-19)25-4/h7-9,11H,5-6,10H2,1-4H3. The lowest BCUT2D eigenvalue weighted by Gasteiger charge is -2.14. The van der Waals surface area contributed by atoms with Crippen LogP contribution in [0, 0.1) is 0 Å². The minimum Gasteiger partial charge on any atom is -0.481 e. The Morgan fingerprint density at radius 2 is 1.61 bits per heavy atom. The van der Waals surface area contributed by atoms with Crippen LogP contribution in [-0.2, 0) is 20.7 Å². The fourth-order valence-corrected chi connectivity index (χ4v) is 2.35. The molecule has 1 aromatic carbocycles. The zero-order valence-electron chi connectivity index (χ0n) is 16.2. The van der Waals surface area contributed by atoms with Crippen LogP contribution in [0.5, 0.6) is 23.5 Å². The smallest absolute Gasteiger partial charge is 0.342 e. The molecule has 0 unspecified atom stereocenters. The molecule has 150 valence electrons. The van der Waals surface area contributed by atoms with Gasteiger partial charge in [0.15, 0.2) is 0 Å². The number of hydrogen-bond donors (Lipinski definition) is 0. The number of esters is 2. The van der Waals surface area contributed by atoms with Crippen molar-refractivity contribution >= 4 is 11.9 Å². The summed E-state index contributed by atoms with van der Waals surface area (Å²) in [6.45, 7) is 3.79. The second kappa shape index (κ2) is 10.1. The van der Waals surface area contributed by atoms with Crippen molar-refractivity contribution in [1.82, 2.24) is 9.97 Å². The molecular weight excluding hydrogens is 368 g/mol. The van der Waals surface area contributed by atoms with Crippen LogP contribution in [0.4, 0.5) is 0 Å². The molecule has 0 N–H and O–H groups in total. The van der Waals surface area contributed by atoms with Crippen LogP contribution in [0.3, 0.4) is 0 Å². The van der Waals surface area contributed by atoms with Gasteiger partial charge in [-0.1, -0.05) is 12.1 Å². The molecule has 0 spiro atoms. The van der Waals surface area contributed by atoms with Crippen LogP contribution < -0.4 is 14.2 Å². The van der Waals surface area contributed by atoms with Crippen molar-refractivity contribution in [2.75, 3.05) is 27.4 Å². The maximum Gasteiger partial charge on any atom is 0.342 e. The summed E-state index contributed by atoms with van der Waals surface area (Å²) in [4.78, 5) is 32.6. The third-order valence-corrected chi connectivity index (χ3v) is 3.51. The Morgan fingerprint density at radius 3 is 2.18 bits per heavy atom. The fourth-order valence-electron chi connectivity index (χ4n) is 2.35. The first-order chi connectivity index (χ1) is 13.5. The van der Waals surface area contributed by atoms with Crippen molar-refractivity contribution in [2.24, 2.45) is 0 Å². The number of hydrogen-bond acceptors (Lipinski definition) is 9. The van der Waals surface area contributed by atoms with Crippen LogP contribution in [-0.4, -0.2) is 49.3 Å². The summed E-state index contributed by atoms with van der Waals surface area (Å²) in [5.74, 6) is -0.517. The van der Waals surface area contributed by atoms with Crippen LogP contribution in [0.1, 0.15) is 29.8 Å². The van der Waals surface area contributed by atoms with Gasteiger partial charge < -0.3 is 23.7 Å². The molecule has 2 aromatic rings. The zero-order valence-corrected chi connectivity index (χ0v) is 16.2. The Balaban J connectivity index is 2.45. The summed E-state index contributed by atoms with van der Waals surface area (Å²) in [6.07, 6.45) is -0.110. The highest BCUT2D eigenvalue weighted by Gasteiger charge is 2.22. The Morgan fingerprint density at radius 1 is 0.964 bits per heavy atom. The molecule has 1 heterocycles. The van der Waals surface area contributed by atoms with E-state index in [9.17, 15) is 9.59 Å². The van der Waals surface area contributed by atoms with Gasteiger partial charge in [-0.25, -0.2) is 4.79 Å². The predicted molar refractivity (Wildman–Crippen MR) is 97.9 cm³/mol. The maximum absolute atomic E-state index is 12.5. The summed E-state index contributed by atoms with van der Waals surface area (Å²) in [6, 6.07) is 6.22. The topological polar surface area (TPSA) is 106 Å². The first kappa shape index (κ1) is 20.9. The highest BCUT2D eigenvalue weighted by molar-refractivity contribution is 5.95. The van der Waals surface area contributed by atoms with Crippen LogP contribution in [0.2, 0.25) is 0 Å². The summed E-state index contributed by atoms with van der Waals surface area (Å²) in [7, 11) is 2.88. The van der Waals surface area contributed by atoms with E-state index in [1.165, 1.54) is 20.3 Å². The summed E-state index contributed by atoms with van der Waals surface area (Å²) in [5, 5.41) is 0. The molecule has 0 aliphatic carbocycles. The van der Waals surface area contributed by atoms with Crippen molar-refractivity contribution < 1.29 is 33.3 Å². The van der Waals surface area contributed by atoms with Crippen molar-refractivity contribution in [1.29, 1.82) is 0 Å². The second-order valence-electron chi connectivity index (χ2n) is 5.33. The first-order valence-corrected chi connectivity index (χ1v) is 8.61. The van der Waals surface area contributed by atoms with E-state index in [0.717, 1.165) is 0 Å². The quantitative estimate of drug-likeness (QED) is 0.597. The molecule has 0 aliphatic heterocycles. The van der Waals surface area contributed by atoms with E-state index in [1.807, 2.05) is 0 Å². The van der Waals surface area contributed by atoms with Crippen LogP contribution >= 0.6 is 0 Å². The minimum absolute atomic E-state index is 0.0879. The molecule has 9 heteroatoms. The third-order valence-electron chi connectivity index (χ3n) is 3.51. The average molecular weight is 390 g/mol. The van der Waals surface area contributed by atoms with Gasteiger partial charge in [0.2, 0.25) is 11.8 Å². The maximum atomic E-state index is 12.5. The van der Waals surface area contributed by atoms with Gasteiger partial charge in [-0.3, -0.25) is 4.79 Å². The number of rotatable bonds is 9. The lowest BCUT2D eigenvalue weighted by molar-refractivity contribution is -0.142. The highest BCUT2D eigenvalue weighted by Crippen LogP contribution is 2.29. The number of carbonyl (C=O) groups excluding carboxylic acids is 2. The molecule has 0 fully saturated rings. The van der Waals surface area contributed by atoms with Gasteiger partial charge >= 0.3 is 17.9 Å². The molecule has 0 saturated carbocycles. The average Bonchev–Trinajstić information content (AvgIpc) is 2.68. The van der Waals surface area contributed by atoms with Gasteiger partial charge in [0.1, 0.15) is 11.3 Å². The van der Waals surface area contributed by atoms with E-state index in [0.29, 0.717) is 5.56 Å². The second-order valence-corrected chi connectivity index (χ2v) is 5.33. The van der Waals surface area contributed by atoms with Crippen LogP contribution in [0.25, 0.3) is 0 Å². The number of carbonyl (C=O) groups is 2. The Hall–Kier alpha value is -3.36. The minimum atomic E-state index is -0.632. The number of ether oxygens (including phenoxy) is 5. The summed E-state index contributed by atoms with van der Waals surface area (Å²) < 4.78 is 26.0. The molecule has 0 saturated heterocycles.